The van der Waals surface area contributed by atoms with E-state index in [1.165, 1.54) is 5.56 Å². The molecule has 3 heterocycles. The van der Waals surface area contributed by atoms with Crippen LogP contribution in [-0.2, 0) is 16.1 Å². The Labute approximate surface area is 131 Å². The molecular formula is C16H25N3O3. The Kier molecular flexibility index (Phi) is 4.23. The van der Waals surface area contributed by atoms with Crippen molar-refractivity contribution in [3.8, 4) is 0 Å². The summed E-state index contributed by atoms with van der Waals surface area (Å²) in [6.07, 6.45) is 1.86. The number of nitrogens with zero attached hydrogens (tertiary/aromatic N) is 3. The number of aromatic nitrogens is 1. The van der Waals surface area contributed by atoms with Crippen LogP contribution in [0.4, 0.5) is 0 Å². The molecule has 122 valence electrons. The van der Waals surface area contributed by atoms with Crippen LogP contribution in [0.1, 0.15) is 29.9 Å². The van der Waals surface area contributed by atoms with Crippen LogP contribution >= 0.6 is 0 Å². The second kappa shape index (κ2) is 6.01. The zero-order valence-corrected chi connectivity index (χ0v) is 13.8. The number of likely N-dealkylation sites (N-methyl/N-ethyl adjacent to an activating group) is 1. The molecule has 0 spiro atoms. The van der Waals surface area contributed by atoms with Crippen LogP contribution in [0.5, 0.6) is 0 Å². The van der Waals surface area contributed by atoms with E-state index < -0.39 is 0 Å². The zero-order chi connectivity index (χ0) is 15.9. The Morgan fingerprint density at radius 1 is 1.41 bits per heavy atom. The van der Waals surface area contributed by atoms with Crippen molar-refractivity contribution in [2.75, 3.05) is 27.2 Å². The standard InChI is InChI=1S/C16H25N3O3/c1-10-13(11(2)22-17-10)8-19-6-5-12-7-14(16(20)18(3)4)21-15(12)9-19/h12,14-15H,5-9H2,1-4H3/t12-,14-,15-/m0/s1. The van der Waals surface area contributed by atoms with Crippen molar-refractivity contribution in [2.45, 2.75) is 45.4 Å². The summed E-state index contributed by atoms with van der Waals surface area (Å²) in [6.45, 7) is 6.71. The van der Waals surface area contributed by atoms with Gasteiger partial charge in [0.2, 0.25) is 0 Å². The molecule has 1 amide bonds. The van der Waals surface area contributed by atoms with Crippen LogP contribution in [0, 0.1) is 19.8 Å². The molecular weight excluding hydrogens is 282 g/mol. The summed E-state index contributed by atoms with van der Waals surface area (Å²) in [5.41, 5.74) is 2.14. The van der Waals surface area contributed by atoms with Crippen molar-refractivity contribution in [1.82, 2.24) is 15.0 Å². The van der Waals surface area contributed by atoms with E-state index in [0.717, 1.165) is 43.9 Å². The van der Waals surface area contributed by atoms with Crippen LogP contribution in [0.3, 0.4) is 0 Å². The van der Waals surface area contributed by atoms with Crippen molar-refractivity contribution in [3.05, 3.63) is 17.0 Å². The molecule has 0 saturated carbocycles. The van der Waals surface area contributed by atoms with E-state index in [9.17, 15) is 4.79 Å². The first-order valence-electron chi connectivity index (χ1n) is 7.96. The number of fused-ring (bicyclic) bond motifs is 1. The fraction of sp³-hybridized carbons (Fsp3) is 0.750. The van der Waals surface area contributed by atoms with Crippen LogP contribution in [0.25, 0.3) is 0 Å². The smallest absolute Gasteiger partial charge is 0.251 e. The first-order valence-corrected chi connectivity index (χ1v) is 7.96. The third kappa shape index (κ3) is 2.90. The quantitative estimate of drug-likeness (QED) is 0.844. The SMILES string of the molecule is Cc1noc(C)c1CN1CC[C@H]2C[C@@H](C(=O)N(C)C)O[C@H]2C1. The van der Waals surface area contributed by atoms with Crippen molar-refractivity contribution in [1.29, 1.82) is 0 Å². The maximum atomic E-state index is 12.1. The number of hydrogen-bond donors (Lipinski definition) is 0. The molecule has 0 unspecified atom stereocenters. The molecule has 2 aliphatic rings. The summed E-state index contributed by atoms with van der Waals surface area (Å²) in [5.74, 6) is 1.49. The van der Waals surface area contributed by atoms with Crippen LogP contribution in [-0.4, -0.2) is 60.3 Å². The number of piperidine rings is 1. The van der Waals surface area contributed by atoms with Gasteiger partial charge in [-0.15, -0.1) is 0 Å². The lowest BCUT2D eigenvalue weighted by atomic mass is 9.91. The fourth-order valence-electron chi connectivity index (χ4n) is 3.54. The van der Waals surface area contributed by atoms with E-state index >= 15 is 0 Å². The molecule has 0 N–H and O–H groups in total. The van der Waals surface area contributed by atoms with Crippen molar-refractivity contribution >= 4 is 5.91 Å². The van der Waals surface area contributed by atoms with Crippen LogP contribution in [0.2, 0.25) is 0 Å². The average molecular weight is 307 g/mol. The first kappa shape index (κ1) is 15.5. The predicted molar refractivity (Wildman–Crippen MR) is 81.3 cm³/mol. The van der Waals surface area contributed by atoms with Gasteiger partial charge >= 0.3 is 0 Å². The highest BCUT2D eigenvalue weighted by Gasteiger charge is 2.42. The molecule has 6 nitrogen and oxygen atoms in total. The summed E-state index contributed by atoms with van der Waals surface area (Å²) in [4.78, 5) is 16.1. The Bertz CT molecular complexity index is 535. The highest BCUT2D eigenvalue weighted by atomic mass is 16.5. The van der Waals surface area contributed by atoms with Gasteiger partial charge in [-0.25, -0.2) is 0 Å². The molecule has 6 heteroatoms. The number of amides is 1. The van der Waals surface area contributed by atoms with Crippen molar-refractivity contribution in [2.24, 2.45) is 5.92 Å². The lowest BCUT2D eigenvalue weighted by Gasteiger charge is -2.33. The third-order valence-corrected chi connectivity index (χ3v) is 4.92. The zero-order valence-electron chi connectivity index (χ0n) is 13.8. The van der Waals surface area contributed by atoms with Gasteiger partial charge in [-0.1, -0.05) is 5.16 Å². The minimum absolute atomic E-state index is 0.0895. The summed E-state index contributed by atoms with van der Waals surface area (Å²) >= 11 is 0. The molecule has 2 fully saturated rings. The number of rotatable bonds is 3. The van der Waals surface area contributed by atoms with Crippen molar-refractivity contribution in [3.63, 3.8) is 0 Å². The highest BCUT2D eigenvalue weighted by Crippen LogP contribution is 2.34. The second-order valence-electron chi connectivity index (χ2n) is 6.72. The van der Waals surface area contributed by atoms with Crippen molar-refractivity contribution < 1.29 is 14.1 Å². The number of ether oxygens (including phenoxy) is 1. The van der Waals surface area contributed by atoms with Crippen LogP contribution < -0.4 is 0 Å². The Morgan fingerprint density at radius 2 is 2.18 bits per heavy atom. The summed E-state index contributed by atoms with van der Waals surface area (Å²) in [6, 6.07) is 0. The maximum Gasteiger partial charge on any atom is 0.251 e. The molecule has 0 bridgehead atoms. The van der Waals surface area contributed by atoms with Gasteiger partial charge in [-0.05, 0) is 39.2 Å². The molecule has 0 aromatic carbocycles. The number of carbonyl (C=O) groups excluding carboxylic acids is 1. The molecule has 22 heavy (non-hydrogen) atoms. The molecule has 3 atom stereocenters. The number of likely N-dealkylation sites (tertiary alicyclic amines) is 1. The van der Waals surface area contributed by atoms with E-state index in [1.54, 1.807) is 19.0 Å². The van der Waals surface area contributed by atoms with E-state index in [4.69, 9.17) is 9.26 Å². The molecule has 2 aliphatic heterocycles. The Balaban J connectivity index is 1.61. The number of carbonyl (C=O) groups is 1. The fourth-order valence-corrected chi connectivity index (χ4v) is 3.54. The lowest BCUT2D eigenvalue weighted by molar-refractivity contribution is -0.141. The van der Waals surface area contributed by atoms with Gasteiger partial charge in [-0.2, -0.15) is 0 Å². The van der Waals surface area contributed by atoms with E-state index in [0.29, 0.717) is 5.92 Å². The molecule has 3 rings (SSSR count). The maximum absolute atomic E-state index is 12.1. The summed E-state index contributed by atoms with van der Waals surface area (Å²) in [7, 11) is 3.58. The van der Waals surface area contributed by atoms with Gasteiger partial charge < -0.3 is 14.2 Å². The highest BCUT2D eigenvalue weighted by molar-refractivity contribution is 5.80. The minimum Gasteiger partial charge on any atom is -0.364 e. The lowest BCUT2D eigenvalue weighted by Crippen LogP contribution is -2.42. The third-order valence-electron chi connectivity index (χ3n) is 4.92. The van der Waals surface area contributed by atoms with Gasteiger partial charge in [0, 0.05) is 32.7 Å². The van der Waals surface area contributed by atoms with Gasteiger partial charge in [0.25, 0.3) is 5.91 Å². The van der Waals surface area contributed by atoms with E-state index in [2.05, 4.69) is 10.1 Å². The monoisotopic (exact) mass is 307 g/mol. The van der Waals surface area contributed by atoms with Gasteiger partial charge in [0.15, 0.2) is 0 Å². The Morgan fingerprint density at radius 3 is 2.82 bits per heavy atom. The summed E-state index contributed by atoms with van der Waals surface area (Å²) < 4.78 is 11.3. The summed E-state index contributed by atoms with van der Waals surface area (Å²) in [5, 5.41) is 4.02. The molecule has 2 saturated heterocycles. The number of aryl methyl sites for hydroxylation is 2. The van der Waals surface area contributed by atoms with Gasteiger partial charge in [0.05, 0.1) is 11.8 Å². The molecule has 1 aromatic rings. The number of hydrogen-bond acceptors (Lipinski definition) is 5. The predicted octanol–water partition coefficient (Wildman–Crippen LogP) is 1.36. The molecule has 0 aliphatic carbocycles. The van der Waals surface area contributed by atoms with Gasteiger partial charge in [0.1, 0.15) is 11.9 Å². The largest absolute Gasteiger partial charge is 0.364 e. The molecule has 0 radical (unpaired) electrons. The van der Waals surface area contributed by atoms with Crippen LogP contribution in [0.15, 0.2) is 4.52 Å². The first-order chi connectivity index (χ1) is 10.5. The minimum atomic E-state index is -0.260. The van der Waals surface area contributed by atoms with Gasteiger partial charge in [-0.3, -0.25) is 9.69 Å². The normalized spacial score (nSPS) is 28.6. The topological polar surface area (TPSA) is 58.8 Å². The van der Waals surface area contributed by atoms with E-state index in [1.807, 2.05) is 13.8 Å². The average Bonchev–Trinajstić information content (AvgIpc) is 3.04. The molecule has 1 aromatic heterocycles. The second-order valence-corrected chi connectivity index (χ2v) is 6.72. The van der Waals surface area contributed by atoms with E-state index in [-0.39, 0.29) is 18.1 Å². The Hall–Kier alpha value is -1.40.